The molecule has 0 aliphatic heterocycles. The molecule has 1 nitrogen and oxygen atoms in total. The Morgan fingerprint density at radius 3 is 2.71 bits per heavy atom. The molecule has 0 heterocycles. The first-order valence-electron chi connectivity index (χ1n) is 2.25. The Hall–Kier alpha value is 0.0500. The second kappa shape index (κ2) is 4.22. The topological polar surface area (TPSA) is 26.0 Å². The van der Waals surface area contributed by atoms with Crippen LogP contribution in [0.3, 0.4) is 0 Å². The minimum atomic E-state index is 0.248. The van der Waals surface area contributed by atoms with Crippen LogP contribution in [0.25, 0.3) is 0 Å². The van der Waals surface area contributed by atoms with Gasteiger partial charge < -0.3 is 5.73 Å². The molecule has 2 N–H and O–H groups in total. The summed E-state index contributed by atoms with van der Waals surface area (Å²) >= 11 is 1.69. The SMILES string of the molecule is C=CCSC(C)N. The van der Waals surface area contributed by atoms with Crippen LogP contribution in [0.4, 0.5) is 0 Å². The Kier molecular flexibility index (Phi) is 4.25. The molecule has 0 aliphatic rings. The standard InChI is InChI=1S/C5H11NS/c1-3-4-7-5(2)6/h3,5H,1,4,6H2,2H3. The molecule has 0 saturated heterocycles. The third kappa shape index (κ3) is 6.05. The average molecular weight is 117 g/mol. The van der Waals surface area contributed by atoms with Crippen molar-refractivity contribution in [1.29, 1.82) is 0 Å². The Morgan fingerprint density at radius 2 is 2.57 bits per heavy atom. The largest absolute Gasteiger partial charge is 0.320 e. The predicted molar refractivity (Wildman–Crippen MR) is 36.3 cm³/mol. The number of hydrogen-bond donors (Lipinski definition) is 1. The maximum atomic E-state index is 5.39. The van der Waals surface area contributed by atoms with Crippen LogP contribution in [-0.2, 0) is 0 Å². The summed E-state index contributed by atoms with van der Waals surface area (Å²) in [7, 11) is 0. The van der Waals surface area contributed by atoms with Gasteiger partial charge in [-0.2, -0.15) is 0 Å². The number of rotatable bonds is 3. The molecule has 0 fully saturated rings. The Morgan fingerprint density at radius 1 is 2.00 bits per heavy atom. The average Bonchev–Trinajstić information content (AvgIpc) is 1.61. The highest BCUT2D eigenvalue weighted by Crippen LogP contribution is 2.02. The Bertz CT molecular complexity index is 52.0. The molecule has 42 valence electrons. The smallest absolute Gasteiger partial charge is 0.0481 e. The van der Waals surface area contributed by atoms with Crippen molar-refractivity contribution < 1.29 is 0 Å². The number of hydrogen-bond acceptors (Lipinski definition) is 2. The Balaban J connectivity index is 2.81. The molecule has 1 atom stereocenters. The third-order valence-corrected chi connectivity index (χ3v) is 1.43. The molecule has 0 bridgehead atoms. The number of nitrogens with two attached hydrogens (primary N) is 1. The third-order valence-electron chi connectivity index (χ3n) is 0.477. The fraction of sp³-hybridized carbons (Fsp3) is 0.600. The molecular weight excluding hydrogens is 106 g/mol. The van der Waals surface area contributed by atoms with E-state index in [9.17, 15) is 0 Å². The van der Waals surface area contributed by atoms with E-state index in [1.165, 1.54) is 0 Å². The molecule has 0 rings (SSSR count). The zero-order valence-electron chi connectivity index (χ0n) is 4.55. The molecule has 0 radical (unpaired) electrons. The predicted octanol–water partition coefficient (Wildman–Crippen LogP) is 1.21. The van der Waals surface area contributed by atoms with Crippen LogP contribution in [0.1, 0.15) is 6.92 Å². The fourth-order valence-electron chi connectivity index (χ4n) is 0.220. The van der Waals surface area contributed by atoms with Crippen molar-refractivity contribution >= 4 is 11.8 Å². The van der Waals surface area contributed by atoms with Crippen LogP contribution in [0.2, 0.25) is 0 Å². The van der Waals surface area contributed by atoms with E-state index in [0.717, 1.165) is 5.75 Å². The van der Waals surface area contributed by atoms with Crippen molar-refractivity contribution in [3.63, 3.8) is 0 Å². The van der Waals surface area contributed by atoms with E-state index < -0.39 is 0 Å². The Labute approximate surface area is 49.0 Å². The molecule has 7 heavy (non-hydrogen) atoms. The van der Waals surface area contributed by atoms with Gasteiger partial charge in [0.15, 0.2) is 0 Å². The second-order valence-electron chi connectivity index (χ2n) is 1.33. The first-order chi connectivity index (χ1) is 3.27. The van der Waals surface area contributed by atoms with Crippen molar-refractivity contribution in [3.8, 4) is 0 Å². The summed E-state index contributed by atoms with van der Waals surface area (Å²) in [4.78, 5) is 0. The summed E-state index contributed by atoms with van der Waals surface area (Å²) < 4.78 is 0. The van der Waals surface area contributed by atoms with Crippen LogP contribution >= 0.6 is 11.8 Å². The van der Waals surface area contributed by atoms with Crippen molar-refractivity contribution in [3.05, 3.63) is 12.7 Å². The van der Waals surface area contributed by atoms with Gasteiger partial charge in [0.05, 0.1) is 0 Å². The van der Waals surface area contributed by atoms with E-state index in [-0.39, 0.29) is 5.37 Å². The van der Waals surface area contributed by atoms with Gasteiger partial charge in [-0.1, -0.05) is 6.08 Å². The first kappa shape index (κ1) is 7.05. The van der Waals surface area contributed by atoms with E-state index in [2.05, 4.69) is 6.58 Å². The van der Waals surface area contributed by atoms with Crippen molar-refractivity contribution in [2.45, 2.75) is 12.3 Å². The second-order valence-corrected chi connectivity index (χ2v) is 2.74. The maximum Gasteiger partial charge on any atom is 0.0481 e. The molecule has 2 heteroatoms. The van der Waals surface area contributed by atoms with Gasteiger partial charge in [0.1, 0.15) is 0 Å². The normalized spacial score (nSPS) is 13.4. The number of thioether (sulfide) groups is 1. The molecule has 0 saturated carbocycles. The summed E-state index contributed by atoms with van der Waals surface area (Å²) in [6.45, 7) is 5.52. The zero-order chi connectivity index (χ0) is 5.70. The highest BCUT2D eigenvalue weighted by atomic mass is 32.2. The van der Waals surface area contributed by atoms with Gasteiger partial charge in [-0.15, -0.1) is 18.3 Å². The summed E-state index contributed by atoms with van der Waals surface area (Å²) in [6, 6.07) is 0. The lowest BCUT2D eigenvalue weighted by atomic mass is 10.8. The van der Waals surface area contributed by atoms with Crippen molar-refractivity contribution in [2.75, 3.05) is 5.75 Å². The van der Waals surface area contributed by atoms with E-state index in [0.29, 0.717) is 0 Å². The van der Waals surface area contributed by atoms with Crippen LogP contribution in [-0.4, -0.2) is 11.1 Å². The van der Waals surface area contributed by atoms with Crippen molar-refractivity contribution in [1.82, 2.24) is 0 Å². The maximum absolute atomic E-state index is 5.39. The van der Waals surface area contributed by atoms with E-state index in [4.69, 9.17) is 5.73 Å². The zero-order valence-corrected chi connectivity index (χ0v) is 5.37. The summed E-state index contributed by atoms with van der Waals surface area (Å²) in [5.41, 5.74) is 5.39. The van der Waals surface area contributed by atoms with Gasteiger partial charge >= 0.3 is 0 Å². The van der Waals surface area contributed by atoms with Gasteiger partial charge in [-0.3, -0.25) is 0 Å². The van der Waals surface area contributed by atoms with Gasteiger partial charge in [0.2, 0.25) is 0 Å². The molecule has 1 unspecified atom stereocenters. The van der Waals surface area contributed by atoms with Gasteiger partial charge in [-0.05, 0) is 6.92 Å². The van der Waals surface area contributed by atoms with E-state index >= 15 is 0 Å². The first-order valence-corrected chi connectivity index (χ1v) is 3.30. The van der Waals surface area contributed by atoms with Gasteiger partial charge in [-0.25, -0.2) is 0 Å². The highest BCUT2D eigenvalue weighted by Gasteiger charge is 1.86. The van der Waals surface area contributed by atoms with E-state index in [1.54, 1.807) is 11.8 Å². The summed E-state index contributed by atoms with van der Waals surface area (Å²) in [6.07, 6.45) is 1.86. The molecule has 0 aromatic carbocycles. The minimum absolute atomic E-state index is 0.248. The molecular formula is C5H11NS. The summed E-state index contributed by atoms with van der Waals surface area (Å²) in [5, 5.41) is 0.248. The van der Waals surface area contributed by atoms with Crippen LogP contribution in [0.15, 0.2) is 12.7 Å². The van der Waals surface area contributed by atoms with Crippen molar-refractivity contribution in [2.24, 2.45) is 5.73 Å². The van der Waals surface area contributed by atoms with Crippen LogP contribution in [0, 0.1) is 0 Å². The molecule has 0 aromatic heterocycles. The van der Waals surface area contributed by atoms with Gasteiger partial charge in [0.25, 0.3) is 0 Å². The fourth-order valence-corrected chi connectivity index (χ4v) is 0.659. The summed E-state index contributed by atoms with van der Waals surface area (Å²) in [5.74, 6) is 0.956. The highest BCUT2D eigenvalue weighted by molar-refractivity contribution is 7.99. The monoisotopic (exact) mass is 117 g/mol. The molecule has 0 spiro atoms. The van der Waals surface area contributed by atoms with E-state index in [1.807, 2.05) is 13.0 Å². The molecule has 0 aromatic rings. The minimum Gasteiger partial charge on any atom is -0.320 e. The van der Waals surface area contributed by atoms with Crippen LogP contribution in [0.5, 0.6) is 0 Å². The molecule has 0 amide bonds. The van der Waals surface area contributed by atoms with Crippen LogP contribution < -0.4 is 5.73 Å². The molecule has 0 aliphatic carbocycles. The lowest BCUT2D eigenvalue weighted by molar-refractivity contribution is 1.05. The lowest BCUT2D eigenvalue weighted by Gasteiger charge is -1.97. The lowest BCUT2D eigenvalue weighted by Crippen LogP contribution is -2.09. The van der Waals surface area contributed by atoms with Gasteiger partial charge in [0, 0.05) is 11.1 Å². The quantitative estimate of drug-likeness (QED) is 0.444.